The summed E-state index contributed by atoms with van der Waals surface area (Å²) in [5.74, 6) is -0.450. The van der Waals surface area contributed by atoms with E-state index in [4.69, 9.17) is 16.3 Å². The summed E-state index contributed by atoms with van der Waals surface area (Å²) < 4.78 is 19.1. The predicted octanol–water partition coefficient (Wildman–Crippen LogP) is 3.41. The highest BCUT2D eigenvalue weighted by atomic mass is 35.5. The Morgan fingerprint density at radius 2 is 2.33 bits per heavy atom. The Hall–Kier alpha value is -0.930. The van der Waals surface area contributed by atoms with Gasteiger partial charge in [-0.1, -0.05) is 24.6 Å². The number of hydrogen-bond donors (Lipinski definition) is 0. The van der Waals surface area contributed by atoms with E-state index >= 15 is 0 Å². The van der Waals surface area contributed by atoms with Crippen molar-refractivity contribution >= 4 is 17.4 Å². The summed E-state index contributed by atoms with van der Waals surface area (Å²) in [6.45, 7) is 2.62. The Balaban J connectivity index is 2.07. The van der Waals surface area contributed by atoms with Crippen molar-refractivity contribution < 1.29 is 13.9 Å². The third-order valence-electron chi connectivity index (χ3n) is 3.41. The van der Waals surface area contributed by atoms with Gasteiger partial charge in [0.25, 0.3) is 0 Å². The zero-order valence-electron chi connectivity index (χ0n) is 10.3. The van der Waals surface area contributed by atoms with Crippen LogP contribution in [0.25, 0.3) is 0 Å². The molecule has 0 aliphatic carbocycles. The van der Waals surface area contributed by atoms with E-state index < -0.39 is 5.82 Å². The number of ether oxygens (including phenoxy) is 1. The van der Waals surface area contributed by atoms with E-state index in [9.17, 15) is 9.18 Å². The van der Waals surface area contributed by atoms with Crippen molar-refractivity contribution in [2.45, 2.75) is 32.3 Å². The summed E-state index contributed by atoms with van der Waals surface area (Å²) >= 11 is 5.68. The molecule has 0 N–H and O–H groups in total. The van der Waals surface area contributed by atoms with Gasteiger partial charge in [0.05, 0.1) is 6.10 Å². The van der Waals surface area contributed by atoms with Gasteiger partial charge in [-0.25, -0.2) is 4.39 Å². The number of Topliss-reactive ketones (excluding diaryl/α,β-unsaturated/α-hetero) is 1. The Morgan fingerprint density at radius 1 is 1.56 bits per heavy atom. The van der Waals surface area contributed by atoms with E-state index in [0.29, 0.717) is 17.2 Å². The van der Waals surface area contributed by atoms with Crippen LogP contribution in [0.4, 0.5) is 4.39 Å². The molecule has 2 rings (SSSR count). The van der Waals surface area contributed by atoms with Gasteiger partial charge in [-0.05, 0) is 30.5 Å². The van der Waals surface area contributed by atoms with Crippen LogP contribution in [0.3, 0.4) is 0 Å². The van der Waals surface area contributed by atoms with Crippen LogP contribution in [0, 0.1) is 11.7 Å². The van der Waals surface area contributed by atoms with Crippen LogP contribution in [-0.2, 0) is 16.0 Å². The first-order valence-corrected chi connectivity index (χ1v) is 6.58. The molecule has 2 atom stereocenters. The summed E-state index contributed by atoms with van der Waals surface area (Å²) in [4.78, 5) is 12.1. The van der Waals surface area contributed by atoms with E-state index in [2.05, 4.69) is 0 Å². The highest BCUT2D eigenvalue weighted by Gasteiger charge is 2.32. The van der Waals surface area contributed by atoms with Crippen LogP contribution >= 0.6 is 11.6 Å². The molecule has 0 saturated carbocycles. The minimum atomic E-state index is -0.414. The quantitative estimate of drug-likeness (QED) is 0.838. The topological polar surface area (TPSA) is 26.3 Å². The van der Waals surface area contributed by atoms with Crippen LogP contribution in [0.1, 0.15) is 25.3 Å². The number of ketones is 1. The smallest absolute Gasteiger partial charge is 0.143 e. The number of carbonyl (C=O) groups is 1. The molecule has 0 spiro atoms. The molecule has 1 fully saturated rings. The third-order valence-corrected chi connectivity index (χ3v) is 3.64. The van der Waals surface area contributed by atoms with E-state index in [1.165, 1.54) is 6.07 Å². The summed E-state index contributed by atoms with van der Waals surface area (Å²) in [5.41, 5.74) is 0.408. The molecule has 2 nitrogen and oxygen atoms in total. The van der Waals surface area contributed by atoms with Gasteiger partial charge in [0.15, 0.2) is 0 Å². The van der Waals surface area contributed by atoms with Crippen LogP contribution in [-0.4, -0.2) is 18.5 Å². The molecule has 1 aliphatic rings. The lowest BCUT2D eigenvalue weighted by molar-refractivity contribution is -0.123. The molecule has 0 aromatic heterocycles. The standard InChI is InChI=1S/C14H16ClFO2/c1-2-14-11(5-6-18-14)13(17)7-9-3-4-10(15)8-12(9)16/h3-4,8,11,14H,2,5-7H2,1H3. The van der Waals surface area contributed by atoms with Gasteiger partial charge in [-0.2, -0.15) is 0 Å². The molecule has 1 aromatic carbocycles. The second-order valence-electron chi connectivity index (χ2n) is 4.59. The molecule has 0 bridgehead atoms. The third kappa shape index (κ3) is 2.90. The molecular formula is C14H16ClFO2. The minimum absolute atomic E-state index is 0.00661. The number of hydrogen-bond acceptors (Lipinski definition) is 2. The van der Waals surface area contributed by atoms with E-state index in [1.54, 1.807) is 12.1 Å². The van der Waals surface area contributed by atoms with Crippen LogP contribution in [0.15, 0.2) is 18.2 Å². The van der Waals surface area contributed by atoms with Crippen molar-refractivity contribution in [3.8, 4) is 0 Å². The van der Waals surface area contributed by atoms with Gasteiger partial charge in [-0.3, -0.25) is 4.79 Å². The largest absolute Gasteiger partial charge is 0.377 e. The highest BCUT2D eigenvalue weighted by Crippen LogP contribution is 2.26. The van der Waals surface area contributed by atoms with Crippen molar-refractivity contribution in [3.05, 3.63) is 34.6 Å². The first-order chi connectivity index (χ1) is 8.61. The zero-order chi connectivity index (χ0) is 13.1. The van der Waals surface area contributed by atoms with Gasteiger partial charge in [0.2, 0.25) is 0 Å². The van der Waals surface area contributed by atoms with Crippen molar-refractivity contribution in [2.75, 3.05) is 6.61 Å². The average molecular weight is 271 g/mol. The summed E-state index contributed by atoms with van der Waals surface area (Å²) in [5, 5.41) is 0.347. The minimum Gasteiger partial charge on any atom is -0.377 e. The van der Waals surface area contributed by atoms with Gasteiger partial charge in [-0.15, -0.1) is 0 Å². The Labute approximate surface area is 111 Å². The molecule has 2 unspecified atom stereocenters. The Bertz CT molecular complexity index is 447. The molecule has 1 saturated heterocycles. The normalized spacial score (nSPS) is 23.3. The van der Waals surface area contributed by atoms with Crippen LogP contribution < -0.4 is 0 Å². The van der Waals surface area contributed by atoms with Crippen LogP contribution in [0.5, 0.6) is 0 Å². The maximum atomic E-state index is 13.6. The molecular weight excluding hydrogens is 255 g/mol. The summed E-state index contributed by atoms with van der Waals surface area (Å²) in [6.07, 6.45) is 1.67. The average Bonchev–Trinajstić information content (AvgIpc) is 2.81. The lowest BCUT2D eigenvalue weighted by atomic mass is 9.91. The first kappa shape index (κ1) is 13.5. The lowest BCUT2D eigenvalue weighted by Gasteiger charge is -2.15. The molecule has 98 valence electrons. The zero-order valence-corrected chi connectivity index (χ0v) is 11.0. The van der Waals surface area contributed by atoms with Gasteiger partial charge in [0.1, 0.15) is 11.6 Å². The summed E-state index contributed by atoms with van der Waals surface area (Å²) in [6, 6.07) is 4.43. The van der Waals surface area contributed by atoms with Crippen molar-refractivity contribution in [3.63, 3.8) is 0 Å². The number of halogens is 2. The van der Waals surface area contributed by atoms with Gasteiger partial charge < -0.3 is 4.74 Å². The van der Waals surface area contributed by atoms with E-state index in [1.807, 2.05) is 6.92 Å². The predicted molar refractivity (Wildman–Crippen MR) is 68.3 cm³/mol. The molecule has 4 heteroatoms. The molecule has 1 heterocycles. The van der Waals surface area contributed by atoms with E-state index in [-0.39, 0.29) is 24.2 Å². The number of carbonyl (C=O) groups excluding carboxylic acids is 1. The monoisotopic (exact) mass is 270 g/mol. The molecule has 1 aliphatic heterocycles. The molecule has 0 radical (unpaired) electrons. The lowest BCUT2D eigenvalue weighted by Crippen LogP contribution is -2.25. The number of benzene rings is 1. The highest BCUT2D eigenvalue weighted by molar-refractivity contribution is 6.30. The van der Waals surface area contributed by atoms with Gasteiger partial charge >= 0.3 is 0 Å². The SMILES string of the molecule is CCC1OCCC1C(=O)Cc1ccc(Cl)cc1F. The van der Waals surface area contributed by atoms with Crippen LogP contribution in [0.2, 0.25) is 5.02 Å². The Kier molecular flexibility index (Phi) is 4.36. The van der Waals surface area contributed by atoms with Crippen molar-refractivity contribution in [1.29, 1.82) is 0 Å². The fourth-order valence-electron chi connectivity index (χ4n) is 2.40. The fraction of sp³-hybridized carbons (Fsp3) is 0.500. The second kappa shape index (κ2) is 5.81. The number of rotatable bonds is 4. The fourth-order valence-corrected chi connectivity index (χ4v) is 2.56. The maximum Gasteiger partial charge on any atom is 0.143 e. The second-order valence-corrected chi connectivity index (χ2v) is 5.03. The first-order valence-electron chi connectivity index (χ1n) is 6.20. The van der Waals surface area contributed by atoms with Crippen molar-refractivity contribution in [2.24, 2.45) is 5.92 Å². The molecule has 0 amide bonds. The Morgan fingerprint density at radius 3 is 3.00 bits per heavy atom. The van der Waals surface area contributed by atoms with E-state index in [0.717, 1.165) is 12.8 Å². The van der Waals surface area contributed by atoms with Gasteiger partial charge in [0, 0.05) is 24.0 Å². The molecule has 18 heavy (non-hydrogen) atoms. The summed E-state index contributed by atoms with van der Waals surface area (Å²) in [7, 11) is 0. The maximum absolute atomic E-state index is 13.6. The molecule has 1 aromatic rings. The van der Waals surface area contributed by atoms with Crippen molar-refractivity contribution in [1.82, 2.24) is 0 Å².